The van der Waals surface area contributed by atoms with Crippen molar-refractivity contribution in [3.8, 4) is 5.75 Å². The Labute approximate surface area is 147 Å². The van der Waals surface area contributed by atoms with Crippen LogP contribution in [0.1, 0.15) is 44.1 Å². The molecule has 1 aliphatic carbocycles. The first-order valence-electron chi connectivity index (χ1n) is 8.64. The van der Waals surface area contributed by atoms with Crippen LogP contribution in [0.3, 0.4) is 0 Å². The third-order valence-electron chi connectivity index (χ3n) is 5.15. The normalized spacial score (nSPS) is 24.9. The molecule has 1 saturated carbocycles. The Bertz CT molecular complexity index is 604. The summed E-state index contributed by atoms with van der Waals surface area (Å²) in [5.41, 5.74) is 1.04. The lowest BCUT2D eigenvalue weighted by molar-refractivity contribution is -0.167. The number of carbonyl (C=O) groups excluding carboxylic acids is 2. The van der Waals surface area contributed by atoms with Crippen molar-refractivity contribution < 1.29 is 19.1 Å². The van der Waals surface area contributed by atoms with E-state index in [1.807, 2.05) is 18.2 Å². The second-order valence-electron chi connectivity index (χ2n) is 6.76. The van der Waals surface area contributed by atoms with Gasteiger partial charge in [-0.3, -0.25) is 9.59 Å². The maximum atomic E-state index is 12.4. The summed E-state index contributed by atoms with van der Waals surface area (Å²) in [7, 11) is 1.58. The average Bonchev–Trinajstić information content (AvgIpc) is 3.06. The number of benzene rings is 1. The minimum absolute atomic E-state index is 0.0657. The lowest BCUT2D eigenvalue weighted by Crippen LogP contribution is -2.41. The number of halogens is 1. The molecule has 1 aliphatic heterocycles. The third-order valence-corrected chi connectivity index (χ3v) is 5.45. The van der Waals surface area contributed by atoms with E-state index in [0.29, 0.717) is 30.0 Å². The van der Waals surface area contributed by atoms with E-state index >= 15 is 0 Å². The molecule has 130 valence electrons. The fourth-order valence-corrected chi connectivity index (χ4v) is 4.14. The smallest absolute Gasteiger partial charge is 0.317 e. The highest BCUT2D eigenvalue weighted by atomic mass is 35.5. The van der Waals surface area contributed by atoms with Crippen LogP contribution in [-0.4, -0.2) is 25.0 Å². The van der Waals surface area contributed by atoms with Crippen LogP contribution in [-0.2, 0) is 20.7 Å². The standard InChI is InChI=1S/C19H23ClO4/c1-23-17-9-7-12(10-15(17)20)6-8-14-11-16(21)18(19(22)24-14)13-4-2-3-5-13/h7,9-10,13-14,18H,2-6,8,11H2,1H3. The Morgan fingerprint density at radius 3 is 2.62 bits per heavy atom. The summed E-state index contributed by atoms with van der Waals surface area (Å²) in [5.74, 6) is 0.0800. The summed E-state index contributed by atoms with van der Waals surface area (Å²) in [6, 6.07) is 5.62. The first-order chi connectivity index (χ1) is 11.6. The molecule has 3 rings (SSSR count). The summed E-state index contributed by atoms with van der Waals surface area (Å²) >= 11 is 6.12. The fourth-order valence-electron chi connectivity index (χ4n) is 3.86. The molecule has 4 nitrogen and oxygen atoms in total. The van der Waals surface area contributed by atoms with Crippen LogP contribution in [0.4, 0.5) is 0 Å². The summed E-state index contributed by atoms with van der Waals surface area (Å²) < 4.78 is 10.7. The molecule has 0 amide bonds. The minimum atomic E-state index is -0.515. The van der Waals surface area contributed by atoms with E-state index in [4.69, 9.17) is 21.1 Å². The van der Waals surface area contributed by atoms with Crippen molar-refractivity contribution in [2.45, 2.75) is 51.0 Å². The predicted octanol–water partition coefficient (Wildman–Crippen LogP) is 3.97. The van der Waals surface area contributed by atoms with Gasteiger partial charge in [0.2, 0.25) is 0 Å². The first-order valence-corrected chi connectivity index (χ1v) is 9.02. The average molecular weight is 351 g/mol. The van der Waals surface area contributed by atoms with Gasteiger partial charge in [0.15, 0.2) is 5.78 Å². The van der Waals surface area contributed by atoms with E-state index in [9.17, 15) is 9.59 Å². The second-order valence-corrected chi connectivity index (χ2v) is 7.17. The summed E-state index contributed by atoms with van der Waals surface area (Å²) in [6.07, 6.45) is 5.55. The molecule has 5 heteroatoms. The summed E-state index contributed by atoms with van der Waals surface area (Å²) in [6.45, 7) is 0. The number of rotatable bonds is 5. The molecule has 2 unspecified atom stereocenters. The molecule has 0 radical (unpaired) electrons. The van der Waals surface area contributed by atoms with Gasteiger partial charge < -0.3 is 9.47 Å². The maximum absolute atomic E-state index is 12.4. The van der Waals surface area contributed by atoms with Crippen LogP contribution < -0.4 is 4.74 Å². The van der Waals surface area contributed by atoms with Crippen LogP contribution in [0.2, 0.25) is 5.02 Å². The summed E-state index contributed by atoms with van der Waals surface area (Å²) in [4.78, 5) is 24.7. The number of Topliss-reactive ketones (excluding diaryl/α,β-unsaturated/α-hetero) is 1. The van der Waals surface area contributed by atoms with Gasteiger partial charge in [-0.1, -0.05) is 30.5 Å². The van der Waals surface area contributed by atoms with Crippen LogP contribution in [0.25, 0.3) is 0 Å². The van der Waals surface area contributed by atoms with E-state index in [2.05, 4.69) is 0 Å². The number of hydrogen-bond donors (Lipinski definition) is 0. The molecular formula is C19H23ClO4. The molecule has 0 spiro atoms. The largest absolute Gasteiger partial charge is 0.495 e. The van der Waals surface area contributed by atoms with Crippen LogP contribution in [0.15, 0.2) is 18.2 Å². The van der Waals surface area contributed by atoms with E-state index in [1.54, 1.807) is 7.11 Å². The van der Waals surface area contributed by atoms with Gasteiger partial charge in [0, 0.05) is 6.42 Å². The summed E-state index contributed by atoms with van der Waals surface area (Å²) in [5, 5.41) is 0.563. The van der Waals surface area contributed by atoms with Crippen molar-refractivity contribution in [1.29, 1.82) is 0 Å². The Morgan fingerprint density at radius 1 is 1.25 bits per heavy atom. The van der Waals surface area contributed by atoms with E-state index in [1.165, 1.54) is 0 Å². The van der Waals surface area contributed by atoms with Gasteiger partial charge in [0.05, 0.1) is 12.1 Å². The van der Waals surface area contributed by atoms with E-state index < -0.39 is 5.92 Å². The quantitative estimate of drug-likeness (QED) is 0.595. The van der Waals surface area contributed by atoms with Gasteiger partial charge in [-0.2, -0.15) is 0 Å². The number of hydrogen-bond acceptors (Lipinski definition) is 4. The molecule has 2 atom stereocenters. The Balaban J connectivity index is 1.56. The van der Waals surface area contributed by atoms with Gasteiger partial charge >= 0.3 is 5.97 Å². The minimum Gasteiger partial charge on any atom is -0.495 e. The van der Waals surface area contributed by atoms with Gasteiger partial charge in [-0.25, -0.2) is 0 Å². The first kappa shape index (κ1) is 17.3. The van der Waals surface area contributed by atoms with Crippen molar-refractivity contribution in [2.24, 2.45) is 11.8 Å². The molecule has 1 aromatic carbocycles. The second kappa shape index (κ2) is 7.56. The monoisotopic (exact) mass is 350 g/mol. The molecule has 0 N–H and O–H groups in total. The molecule has 2 aliphatic rings. The van der Waals surface area contributed by atoms with Crippen LogP contribution >= 0.6 is 11.6 Å². The van der Waals surface area contributed by atoms with Crippen LogP contribution in [0.5, 0.6) is 5.75 Å². The Morgan fingerprint density at radius 2 is 2.00 bits per heavy atom. The predicted molar refractivity (Wildman–Crippen MR) is 91.3 cm³/mol. The molecule has 1 aromatic rings. The number of methoxy groups -OCH3 is 1. The molecule has 2 fully saturated rings. The number of ether oxygens (including phenoxy) is 2. The fraction of sp³-hybridized carbons (Fsp3) is 0.579. The lowest BCUT2D eigenvalue weighted by atomic mass is 9.83. The number of aryl methyl sites for hydroxylation is 1. The van der Waals surface area contributed by atoms with Crippen molar-refractivity contribution in [1.82, 2.24) is 0 Å². The molecule has 0 bridgehead atoms. The molecule has 24 heavy (non-hydrogen) atoms. The van der Waals surface area contributed by atoms with Gasteiger partial charge in [-0.15, -0.1) is 0 Å². The van der Waals surface area contributed by atoms with Crippen molar-refractivity contribution >= 4 is 23.4 Å². The van der Waals surface area contributed by atoms with Crippen LogP contribution in [0, 0.1) is 11.8 Å². The van der Waals surface area contributed by atoms with E-state index in [0.717, 1.165) is 31.2 Å². The molecule has 1 saturated heterocycles. The number of ketones is 1. The third kappa shape index (κ3) is 3.75. The Kier molecular flexibility index (Phi) is 5.44. The van der Waals surface area contributed by atoms with Gasteiger partial charge in [0.25, 0.3) is 0 Å². The van der Waals surface area contributed by atoms with Crippen molar-refractivity contribution in [3.05, 3.63) is 28.8 Å². The zero-order valence-corrected chi connectivity index (χ0v) is 14.7. The highest BCUT2D eigenvalue weighted by Crippen LogP contribution is 2.36. The Hall–Kier alpha value is -1.55. The number of carbonyl (C=O) groups is 2. The number of cyclic esters (lactones) is 1. The highest BCUT2D eigenvalue weighted by molar-refractivity contribution is 6.32. The SMILES string of the molecule is COc1ccc(CCC2CC(=O)C(C3CCCC3)C(=O)O2)cc1Cl. The van der Waals surface area contributed by atoms with E-state index in [-0.39, 0.29) is 23.8 Å². The molecule has 0 aromatic heterocycles. The topological polar surface area (TPSA) is 52.6 Å². The molecule has 1 heterocycles. The van der Waals surface area contributed by atoms with Gasteiger partial charge in [0.1, 0.15) is 17.8 Å². The highest BCUT2D eigenvalue weighted by Gasteiger charge is 2.42. The number of esters is 1. The maximum Gasteiger partial charge on any atom is 0.317 e. The van der Waals surface area contributed by atoms with Crippen molar-refractivity contribution in [2.75, 3.05) is 7.11 Å². The zero-order valence-electron chi connectivity index (χ0n) is 13.9. The van der Waals surface area contributed by atoms with Gasteiger partial charge in [-0.05, 0) is 49.3 Å². The zero-order chi connectivity index (χ0) is 17.1. The van der Waals surface area contributed by atoms with Crippen molar-refractivity contribution in [3.63, 3.8) is 0 Å². The lowest BCUT2D eigenvalue weighted by Gasteiger charge is -2.30. The molecular weight excluding hydrogens is 328 g/mol.